The first kappa shape index (κ1) is 21.9. The van der Waals surface area contributed by atoms with Crippen LogP contribution in [0.5, 0.6) is 0 Å². The topological polar surface area (TPSA) is 103 Å². The number of rotatable bonds is 8. The van der Waals surface area contributed by atoms with Crippen LogP contribution in [0.4, 0.5) is 5.82 Å². The number of hydrogen-bond donors (Lipinski definition) is 2. The number of hydrogen-bond acceptors (Lipinski definition) is 6. The van der Waals surface area contributed by atoms with Crippen LogP contribution in [0.1, 0.15) is 13.3 Å². The normalized spacial score (nSPS) is 10.8. The Morgan fingerprint density at radius 1 is 1.00 bits per heavy atom. The average molecular weight is 443 g/mol. The van der Waals surface area contributed by atoms with Gasteiger partial charge in [-0.1, -0.05) is 24.8 Å². The molecular formula is C24H26N8O. The summed E-state index contributed by atoms with van der Waals surface area (Å²) in [7, 11) is 3.76. The van der Waals surface area contributed by atoms with Crippen molar-refractivity contribution < 1.29 is 4.79 Å². The van der Waals surface area contributed by atoms with E-state index in [0.29, 0.717) is 24.6 Å². The van der Waals surface area contributed by atoms with Crippen LogP contribution in [0.3, 0.4) is 0 Å². The molecule has 2 N–H and O–H groups in total. The van der Waals surface area contributed by atoms with Crippen molar-refractivity contribution in [2.45, 2.75) is 13.3 Å². The van der Waals surface area contributed by atoms with Crippen LogP contribution >= 0.6 is 0 Å². The fraction of sp³-hybridized carbons (Fsp3) is 0.208. The van der Waals surface area contributed by atoms with E-state index in [1.165, 1.54) is 6.92 Å². The number of benzene rings is 1. The maximum Gasteiger partial charge on any atom is 0.216 e. The Kier molecular flexibility index (Phi) is 6.30. The average Bonchev–Trinajstić information content (AvgIpc) is 3.42. The maximum absolute atomic E-state index is 11.2. The predicted octanol–water partition coefficient (Wildman–Crippen LogP) is 3.40. The van der Waals surface area contributed by atoms with Gasteiger partial charge < -0.3 is 10.6 Å². The van der Waals surface area contributed by atoms with Crippen LogP contribution in [0.15, 0.2) is 67.5 Å². The van der Waals surface area contributed by atoms with E-state index in [2.05, 4.69) is 32.4 Å². The quantitative estimate of drug-likeness (QED) is 0.434. The molecule has 0 radical (unpaired) electrons. The minimum atomic E-state index is -0.0725. The highest BCUT2D eigenvalue weighted by molar-refractivity contribution is 5.77. The second-order valence-corrected chi connectivity index (χ2v) is 7.80. The van der Waals surface area contributed by atoms with E-state index < -0.39 is 0 Å². The molecule has 0 unspecified atom stereocenters. The molecule has 0 spiro atoms. The van der Waals surface area contributed by atoms with Crippen molar-refractivity contribution in [3.8, 4) is 33.6 Å². The SMILES string of the molecule is C=C(CCNC(C)=O)Nc1nc(-c2cccc(-c3cnn(C)c3)c2)ncc1-c1cnn(C)c1. The summed E-state index contributed by atoms with van der Waals surface area (Å²) in [4.78, 5) is 20.6. The molecule has 3 heterocycles. The van der Waals surface area contributed by atoms with E-state index in [1.807, 2.05) is 57.0 Å². The summed E-state index contributed by atoms with van der Waals surface area (Å²) in [6.07, 6.45) is 9.84. The van der Waals surface area contributed by atoms with Gasteiger partial charge in [0.1, 0.15) is 5.82 Å². The second-order valence-electron chi connectivity index (χ2n) is 7.80. The van der Waals surface area contributed by atoms with Crippen molar-refractivity contribution in [3.63, 3.8) is 0 Å². The van der Waals surface area contributed by atoms with Gasteiger partial charge in [-0.3, -0.25) is 14.2 Å². The zero-order valence-corrected chi connectivity index (χ0v) is 18.9. The zero-order valence-electron chi connectivity index (χ0n) is 18.9. The number of amides is 1. The number of carbonyl (C=O) groups is 1. The fourth-order valence-electron chi connectivity index (χ4n) is 3.42. The lowest BCUT2D eigenvalue weighted by atomic mass is 10.1. The lowest BCUT2D eigenvalue weighted by Gasteiger charge is -2.14. The zero-order chi connectivity index (χ0) is 23.4. The van der Waals surface area contributed by atoms with Crippen molar-refractivity contribution in [2.75, 3.05) is 11.9 Å². The molecule has 9 heteroatoms. The number of nitrogens with zero attached hydrogens (tertiary/aromatic N) is 6. The smallest absolute Gasteiger partial charge is 0.216 e. The van der Waals surface area contributed by atoms with Gasteiger partial charge in [0.2, 0.25) is 5.91 Å². The molecular weight excluding hydrogens is 416 g/mol. The molecule has 4 rings (SSSR count). The maximum atomic E-state index is 11.2. The Hall–Kier alpha value is -4.27. The number of aryl methyl sites for hydroxylation is 2. The number of carbonyl (C=O) groups excluding carboxylic acids is 1. The Bertz CT molecular complexity index is 1300. The van der Waals surface area contributed by atoms with E-state index in [9.17, 15) is 4.79 Å². The molecule has 4 aromatic rings. The predicted molar refractivity (Wildman–Crippen MR) is 128 cm³/mol. The lowest BCUT2D eigenvalue weighted by Crippen LogP contribution is -2.22. The van der Waals surface area contributed by atoms with Crippen molar-refractivity contribution in [1.82, 2.24) is 34.8 Å². The fourth-order valence-corrected chi connectivity index (χ4v) is 3.42. The molecule has 1 aromatic carbocycles. The molecule has 0 aliphatic carbocycles. The summed E-state index contributed by atoms with van der Waals surface area (Å²) >= 11 is 0. The van der Waals surface area contributed by atoms with E-state index in [4.69, 9.17) is 4.98 Å². The minimum Gasteiger partial charge on any atom is -0.356 e. The molecule has 168 valence electrons. The summed E-state index contributed by atoms with van der Waals surface area (Å²) < 4.78 is 3.51. The van der Waals surface area contributed by atoms with Crippen LogP contribution < -0.4 is 10.6 Å². The van der Waals surface area contributed by atoms with Crippen molar-refractivity contribution in [1.29, 1.82) is 0 Å². The number of anilines is 1. The van der Waals surface area contributed by atoms with Crippen molar-refractivity contribution in [2.24, 2.45) is 14.1 Å². The summed E-state index contributed by atoms with van der Waals surface area (Å²) in [6, 6.07) is 8.04. The molecule has 0 saturated heterocycles. The summed E-state index contributed by atoms with van der Waals surface area (Å²) in [6.45, 7) is 6.08. The first-order valence-electron chi connectivity index (χ1n) is 10.5. The molecule has 3 aromatic heterocycles. The minimum absolute atomic E-state index is 0.0725. The van der Waals surface area contributed by atoms with Gasteiger partial charge in [0.25, 0.3) is 0 Å². The van der Waals surface area contributed by atoms with Crippen LogP contribution in [0.25, 0.3) is 33.6 Å². The van der Waals surface area contributed by atoms with Gasteiger partial charge in [0.15, 0.2) is 5.82 Å². The molecule has 9 nitrogen and oxygen atoms in total. The van der Waals surface area contributed by atoms with Crippen molar-refractivity contribution in [3.05, 3.63) is 67.5 Å². The Morgan fingerprint density at radius 2 is 1.70 bits per heavy atom. The van der Waals surface area contributed by atoms with Gasteiger partial charge in [0.05, 0.1) is 12.4 Å². The molecule has 1 amide bonds. The highest BCUT2D eigenvalue weighted by Gasteiger charge is 2.14. The van der Waals surface area contributed by atoms with Gasteiger partial charge in [-0.2, -0.15) is 10.2 Å². The van der Waals surface area contributed by atoms with Crippen LogP contribution in [-0.2, 0) is 18.9 Å². The van der Waals surface area contributed by atoms with E-state index in [-0.39, 0.29) is 5.91 Å². The van der Waals surface area contributed by atoms with E-state index >= 15 is 0 Å². The Balaban J connectivity index is 1.67. The van der Waals surface area contributed by atoms with Crippen molar-refractivity contribution >= 4 is 11.7 Å². The molecule has 0 aliphatic heterocycles. The molecule has 0 fully saturated rings. The molecule has 0 saturated carbocycles. The molecule has 0 atom stereocenters. The Morgan fingerprint density at radius 3 is 2.36 bits per heavy atom. The third-order valence-corrected chi connectivity index (χ3v) is 5.06. The van der Waals surface area contributed by atoms with Crippen LogP contribution in [0.2, 0.25) is 0 Å². The molecule has 0 bridgehead atoms. The lowest BCUT2D eigenvalue weighted by molar-refractivity contribution is -0.118. The van der Waals surface area contributed by atoms with Crippen LogP contribution in [0, 0.1) is 0 Å². The van der Waals surface area contributed by atoms with Gasteiger partial charge in [0, 0.05) is 80.5 Å². The standard InChI is InChI=1S/C24H26N8O/c1-16(8-9-25-17(2)33)29-24-22(21-12-28-32(4)15-21)13-26-23(30-24)19-7-5-6-18(10-19)20-11-27-31(3)14-20/h5-7,10-15H,1,8-9H2,2-4H3,(H,25,33)(H,26,29,30). The number of nitrogens with one attached hydrogen (secondary N) is 2. The summed E-state index contributed by atoms with van der Waals surface area (Å²) in [5.41, 5.74) is 5.40. The first-order chi connectivity index (χ1) is 15.9. The monoisotopic (exact) mass is 442 g/mol. The van der Waals surface area contributed by atoms with E-state index in [0.717, 1.165) is 33.5 Å². The molecule has 33 heavy (non-hydrogen) atoms. The first-order valence-corrected chi connectivity index (χ1v) is 10.5. The molecule has 0 aliphatic rings. The van der Waals surface area contributed by atoms with Gasteiger partial charge in [-0.05, 0) is 11.6 Å². The Labute approximate surface area is 192 Å². The van der Waals surface area contributed by atoms with Gasteiger partial charge in [-0.25, -0.2) is 9.97 Å². The highest BCUT2D eigenvalue weighted by atomic mass is 16.1. The van der Waals surface area contributed by atoms with E-state index in [1.54, 1.807) is 21.8 Å². The number of aromatic nitrogens is 6. The summed E-state index contributed by atoms with van der Waals surface area (Å²) in [5, 5.41) is 14.6. The summed E-state index contributed by atoms with van der Waals surface area (Å²) in [5.74, 6) is 1.15. The highest BCUT2D eigenvalue weighted by Crippen LogP contribution is 2.30. The van der Waals surface area contributed by atoms with Gasteiger partial charge >= 0.3 is 0 Å². The van der Waals surface area contributed by atoms with Gasteiger partial charge in [-0.15, -0.1) is 0 Å². The third-order valence-electron chi connectivity index (χ3n) is 5.06. The third kappa shape index (κ3) is 5.32. The largest absolute Gasteiger partial charge is 0.356 e. The second kappa shape index (κ2) is 9.47. The van der Waals surface area contributed by atoms with Crippen LogP contribution in [-0.4, -0.2) is 42.0 Å².